The van der Waals surface area contributed by atoms with Crippen LogP contribution in [0.4, 0.5) is 0 Å². The van der Waals surface area contributed by atoms with E-state index in [0.717, 1.165) is 13.0 Å². The van der Waals surface area contributed by atoms with E-state index in [4.69, 9.17) is 0 Å². The van der Waals surface area contributed by atoms with Crippen LogP contribution < -0.4 is 5.32 Å². The van der Waals surface area contributed by atoms with Gasteiger partial charge in [0, 0.05) is 6.04 Å². The summed E-state index contributed by atoms with van der Waals surface area (Å²) >= 11 is 0. The first-order chi connectivity index (χ1) is 9.63. The Morgan fingerprint density at radius 2 is 1.60 bits per heavy atom. The van der Waals surface area contributed by atoms with Gasteiger partial charge in [-0.2, -0.15) is 0 Å². The minimum atomic E-state index is 0.390. The highest BCUT2D eigenvalue weighted by atomic mass is 14.9. The van der Waals surface area contributed by atoms with Gasteiger partial charge in [-0.25, -0.2) is 0 Å². The van der Waals surface area contributed by atoms with Crippen molar-refractivity contribution in [3.05, 3.63) is 70.3 Å². The maximum absolute atomic E-state index is 3.64. The van der Waals surface area contributed by atoms with E-state index in [2.05, 4.69) is 75.5 Å². The molecule has 1 unspecified atom stereocenters. The number of hydrogen-bond acceptors (Lipinski definition) is 1. The quantitative estimate of drug-likeness (QED) is 0.840. The van der Waals surface area contributed by atoms with Crippen molar-refractivity contribution >= 4 is 0 Å². The van der Waals surface area contributed by atoms with Crippen LogP contribution in [-0.2, 0) is 6.42 Å². The first-order valence-corrected chi connectivity index (χ1v) is 7.47. The van der Waals surface area contributed by atoms with E-state index in [0.29, 0.717) is 6.04 Å². The summed E-state index contributed by atoms with van der Waals surface area (Å²) in [6, 6.07) is 15.7. The summed E-state index contributed by atoms with van der Waals surface area (Å²) in [6.45, 7) is 9.78. The summed E-state index contributed by atoms with van der Waals surface area (Å²) in [4.78, 5) is 0. The fourth-order valence-corrected chi connectivity index (χ4v) is 2.75. The lowest BCUT2D eigenvalue weighted by Gasteiger charge is -2.22. The van der Waals surface area contributed by atoms with Crippen molar-refractivity contribution in [3.8, 4) is 0 Å². The van der Waals surface area contributed by atoms with Crippen molar-refractivity contribution in [1.29, 1.82) is 0 Å². The van der Waals surface area contributed by atoms with Gasteiger partial charge in [-0.3, -0.25) is 0 Å². The molecule has 2 rings (SSSR count). The van der Waals surface area contributed by atoms with Crippen LogP contribution in [0.15, 0.2) is 42.5 Å². The number of hydrogen-bond donors (Lipinski definition) is 1. The van der Waals surface area contributed by atoms with Crippen molar-refractivity contribution in [2.45, 2.75) is 40.2 Å². The molecule has 1 nitrogen and oxygen atoms in total. The standard InChI is InChI=1S/C19H25N/c1-5-20-19(13-17-11-7-6-9-15(17)3)18-12-8-10-14(2)16(18)4/h6-12,19-20H,5,13H2,1-4H3. The summed E-state index contributed by atoms with van der Waals surface area (Å²) in [7, 11) is 0. The highest BCUT2D eigenvalue weighted by Gasteiger charge is 2.15. The Labute approximate surface area is 123 Å². The zero-order valence-electron chi connectivity index (χ0n) is 13.0. The Bertz CT molecular complexity index is 572. The molecule has 20 heavy (non-hydrogen) atoms. The van der Waals surface area contributed by atoms with Crippen LogP contribution in [-0.4, -0.2) is 6.54 Å². The van der Waals surface area contributed by atoms with E-state index in [1.165, 1.54) is 27.8 Å². The number of aryl methyl sites for hydroxylation is 2. The van der Waals surface area contributed by atoms with Crippen molar-refractivity contribution < 1.29 is 0 Å². The fourth-order valence-electron chi connectivity index (χ4n) is 2.75. The monoisotopic (exact) mass is 267 g/mol. The summed E-state index contributed by atoms with van der Waals surface area (Å²) in [6.07, 6.45) is 1.05. The lowest BCUT2D eigenvalue weighted by molar-refractivity contribution is 0.546. The topological polar surface area (TPSA) is 12.0 Å². The Morgan fingerprint density at radius 1 is 0.900 bits per heavy atom. The highest BCUT2D eigenvalue weighted by molar-refractivity contribution is 5.37. The summed E-state index contributed by atoms with van der Waals surface area (Å²) in [5.41, 5.74) is 7.01. The molecule has 0 fully saturated rings. The zero-order valence-corrected chi connectivity index (χ0v) is 13.0. The summed E-state index contributed by atoms with van der Waals surface area (Å²) < 4.78 is 0. The molecule has 1 N–H and O–H groups in total. The maximum atomic E-state index is 3.64. The number of likely N-dealkylation sites (N-methyl/N-ethyl adjacent to an activating group) is 1. The van der Waals surface area contributed by atoms with Gasteiger partial charge in [-0.05, 0) is 61.6 Å². The van der Waals surface area contributed by atoms with Crippen LogP contribution in [0.2, 0.25) is 0 Å². The molecule has 0 aliphatic rings. The van der Waals surface area contributed by atoms with Gasteiger partial charge >= 0.3 is 0 Å². The summed E-state index contributed by atoms with van der Waals surface area (Å²) in [5, 5.41) is 3.64. The third-order valence-electron chi connectivity index (χ3n) is 4.16. The molecule has 0 saturated carbocycles. The van der Waals surface area contributed by atoms with E-state index < -0.39 is 0 Å². The second kappa shape index (κ2) is 6.71. The van der Waals surface area contributed by atoms with Gasteiger partial charge < -0.3 is 5.32 Å². The first kappa shape index (κ1) is 14.8. The van der Waals surface area contributed by atoms with E-state index in [-0.39, 0.29) is 0 Å². The van der Waals surface area contributed by atoms with Crippen LogP contribution >= 0.6 is 0 Å². The largest absolute Gasteiger partial charge is 0.310 e. The molecule has 0 aliphatic carbocycles. The molecule has 0 heterocycles. The number of rotatable bonds is 5. The van der Waals surface area contributed by atoms with Gasteiger partial charge in [0.25, 0.3) is 0 Å². The smallest absolute Gasteiger partial charge is 0.0363 e. The molecular weight excluding hydrogens is 242 g/mol. The molecule has 0 amide bonds. The van der Waals surface area contributed by atoms with Crippen LogP contribution in [0.3, 0.4) is 0 Å². The Hall–Kier alpha value is -1.60. The molecular formula is C19H25N. The van der Waals surface area contributed by atoms with E-state index in [1.807, 2.05) is 0 Å². The van der Waals surface area contributed by atoms with Gasteiger partial charge in [0.1, 0.15) is 0 Å². The molecule has 106 valence electrons. The van der Waals surface area contributed by atoms with Crippen LogP contribution in [0, 0.1) is 20.8 Å². The number of nitrogens with one attached hydrogen (secondary N) is 1. The Morgan fingerprint density at radius 3 is 2.30 bits per heavy atom. The molecule has 0 bridgehead atoms. The normalized spacial score (nSPS) is 12.4. The van der Waals surface area contributed by atoms with Crippen LogP contribution in [0.25, 0.3) is 0 Å². The van der Waals surface area contributed by atoms with Gasteiger partial charge in [-0.1, -0.05) is 49.4 Å². The van der Waals surface area contributed by atoms with E-state index in [9.17, 15) is 0 Å². The Balaban J connectivity index is 2.32. The average Bonchev–Trinajstić information content (AvgIpc) is 2.44. The van der Waals surface area contributed by atoms with Gasteiger partial charge in [-0.15, -0.1) is 0 Å². The third-order valence-corrected chi connectivity index (χ3v) is 4.16. The van der Waals surface area contributed by atoms with Crippen molar-refractivity contribution in [2.24, 2.45) is 0 Å². The van der Waals surface area contributed by atoms with E-state index >= 15 is 0 Å². The minimum absolute atomic E-state index is 0.390. The van der Waals surface area contributed by atoms with Crippen molar-refractivity contribution in [3.63, 3.8) is 0 Å². The van der Waals surface area contributed by atoms with Crippen LogP contribution in [0.1, 0.15) is 40.8 Å². The lowest BCUT2D eigenvalue weighted by Crippen LogP contribution is -2.24. The maximum Gasteiger partial charge on any atom is 0.0363 e. The van der Waals surface area contributed by atoms with Crippen molar-refractivity contribution in [2.75, 3.05) is 6.54 Å². The van der Waals surface area contributed by atoms with Gasteiger partial charge in [0.15, 0.2) is 0 Å². The SMILES string of the molecule is CCNC(Cc1ccccc1C)c1cccc(C)c1C. The molecule has 1 heteroatoms. The lowest BCUT2D eigenvalue weighted by atomic mass is 9.91. The van der Waals surface area contributed by atoms with E-state index in [1.54, 1.807) is 0 Å². The predicted molar refractivity (Wildman–Crippen MR) is 87.2 cm³/mol. The summed E-state index contributed by atoms with van der Waals surface area (Å²) in [5.74, 6) is 0. The van der Waals surface area contributed by atoms with Gasteiger partial charge in [0.2, 0.25) is 0 Å². The van der Waals surface area contributed by atoms with Gasteiger partial charge in [0.05, 0.1) is 0 Å². The molecule has 2 aromatic rings. The minimum Gasteiger partial charge on any atom is -0.310 e. The molecule has 2 aromatic carbocycles. The molecule has 0 radical (unpaired) electrons. The Kier molecular flexibility index (Phi) is 4.97. The molecule has 0 spiro atoms. The molecule has 0 aromatic heterocycles. The average molecular weight is 267 g/mol. The zero-order chi connectivity index (χ0) is 14.5. The molecule has 0 aliphatic heterocycles. The first-order valence-electron chi connectivity index (χ1n) is 7.47. The molecule has 0 saturated heterocycles. The third kappa shape index (κ3) is 3.29. The molecule has 1 atom stereocenters. The van der Waals surface area contributed by atoms with Crippen molar-refractivity contribution in [1.82, 2.24) is 5.32 Å². The fraction of sp³-hybridized carbons (Fsp3) is 0.368. The number of benzene rings is 2. The highest BCUT2D eigenvalue weighted by Crippen LogP contribution is 2.25. The second-order valence-corrected chi connectivity index (χ2v) is 5.53. The van der Waals surface area contributed by atoms with Crippen LogP contribution in [0.5, 0.6) is 0 Å². The predicted octanol–water partition coefficient (Wildman–Crippen LogP) is 4.51. The second-order valence-electron chi connectivity index (χ2n) is 5.53.